The van der Waals surface area contributed by atoms with E-state index in [1.807, 2.05) is 30.3 Å². The molecule has 5 aromatic rings. The number of aromatic nitrogens is 4. The van der Waals surface area contributed by atoms with Gasteiger partial charge in [-0.2, -0.15) is 0 Å². The summed E-state index contributed by atoms with van der Waals surface area (Å²) >= 11 is 0. The topological polar surface area (TPSA) is 60.7 Å². The van der Waals surface area contributed by atoms with E-state index in [9.17, 15) is 13.6 Å². The van der Waals surface area contributed by atoms with Crippen molar-refractivity contribution in [1.29, 1.82) is 0 Å². The third kappa shape index (κ3) is 3.10. The van der Waals surface area contributed by atoms with Crippen LogP contribution < -0.4 is 5.56 Å². The van der Waals surface area contributed by atoms with Crippen LogP contribution in [0.2, 0.25) is 0 Å². The molecule has 0 aliphatic heterocycles. The van der Waals surface area contributed by atoms with Crippen molar-refractivity contribution in [3.8, 4) is 11.1 Å². The minimum absolute atomic E-state index is 0.203. The summed E-state index contributed by atoms with van der Waals surface area (Å²) in [6, 6.07) is 13.5. The van der Waals surface area contributed by atoms with Crippen LogP contribution in [0.15, 0.2) is 78.1 Å². The molecule has 30 heavy (non-hydrogen) atoms. The van der Waals surface area contributed by atoms with E-state index >= 15 is 0 Å². The molecule has 0 saturated carbocycles. The van der Waals surface area contributed by atoms with Crippen molar-refractivity contribution in [2.75, 3.05) is 0 Å². The molecule has 5 nitrogen and oxygen atoms in total. The van der Waals surface area contributed by atoms with Gasteiger partial charge >= 0.3 is 0 Å². The summed E-state index contributed by atoms with van der Waals surface area (Å²) in [6.45, 7) is -0.266. The summed E-state index contributed by atoms with van der Waals surface area (Å²) < 4.78 is 31.1. The van der Waals surface area contributed by atoms with Crippen LogP contribution in [0.4, 0.5) is 8.78 Å². The van der Waals surface area contributed by atoms with E-state index in [1.54, 1.807) is 12.3 Å². The molecular formula is C23H14F2N4O. The highest BCUT2D eigenvalue weighted by molar-refractivity contribution is 5.83. The Hall–Kier alpha value is -4.00. The van der Waals surface area contributed by atoms with Crippen LogP contribution >= 0.6 is 0 Å². The maximum atomic E-state index is 14.9. The van der Waals surface area contributed by atoms with Crippen LogP contribution in [-0.2, 0) is 6.54 Å². The molecule has 146 valence electrons. The van der Waals surface area contributed by atoms with Gasteiger partial charge in [0.25, 0.3) is 5.56 Å². The molecule has 3 aromatic heterocycles. The first-order valence-electron chi connectivity index (χ1n) is 9.23. The second kappa shape index (κ2) is 7.11. The highest BCUT2D eigenvalue weighted by Crippen LogP contribution is 2.27. The largest absolute Gasteiger partial charge is 0.299 e. The Morgan fingerprint density at radius 3 is 2.43 bits per heavy atom. The van der Waals surface area contributed by atoms with Crippen molar-refractivity contribution in [1.82, 2.24) is 19.5 Å². The molecule has 0 radical (unpaired) electrons. The van der Waals surface area contributed by atoms with Crippen molar-refractivity contribution >= 4 is 21.9 Å². The Bertz CT molecular complexity index is 1460. The molecule has 0 atom stereocenters. The number of nitrogens with zero attached hydrogens (tertiary/aromatic N) is 4. The minimum Gasteiger partial charge on any atom is -0.299 e. The first-order valence-corrected chi connectivity index (χ1v) is 9.23. The monoisotopic (exact) mass is 400 g/mol. The van der Waals surface area contributed by atoms with Gasteiger partial charge < -0.3 is 0 Å². The zero-order valence-corrected chi connectivity index (χ0v) is 15.6. The maximum absolute atomic E-state index is 14.9. The lowest BCUT2D eigenvalue weighted by molar-refractivity contribution is 0.545. The Balaban J connectivity index is 1.58. The molecule has 0 amide bonds. The molecular weight excluding hydrogens is 386 g/mol. The van der Waals surface area contributed by atoms with E-state index in [2.05, 4.69) is 15.0 Å². The van der Waals surface area contributed by atoms with E-state index < -0.39 is 17.2 Å². The number of rotatable bonds is 3. The Kier molecular flexibility index (Phi) is 4.28. The lowest BCUT2D eigenvalue weighted by atomic mass is 10.0. The molecule has 0 saturated heterocycles. The van der Waals surface area contributed by atoms with Crippen LogP contribution in [0, 0.1) is 11.6 Å². The fourth-order valence-corrected chi connectivity index (χ4v) is 3.48. The quantitative estimate of drug-likeness (QED) is 0.452. The van der Waals surface area contributed by atoms with Gasteiger partial charge in [-0.25, -0.2) is 13.8 Å². The van der Waals surface area contributed by atoms with Gasteiger partial charge in [-0.1, -0.05) is 18.2 Å². The van der Waals surface area contributed by atoms with Crippen molar-refractivity contribution in [3.05, 3.63) is 101 Å². The molecule has 0 spiro atoms. The molecule has 0 aliphatic carbocycles. The summed E-state index contributed by atoms with van der Waals surface area (Å²) in [5.74, 6) is -1.47. The molecule has 5 rings (SSSR count). The molecule has 0 fully saturated rings. The average molecular weight is 400 g/mol. The summed E-state index contributed by atoms with van der Waals surface area (Å²) in [7, 11) is 0. The van der Waals surface area contributed by atoms with Gasteiger partial charge in [0.1, 0.15) is 11.6 Å². The zero-order valence-electron chi connectivity index (χ0n) is 15.6. The van der Waals surface area contributed by atoms with Gasteiger partial charge in [-0.15, -0.1) is 0 Å². The number of hydrogen-bond acceptors (Lipinski definition) is 4. The van der Waals surface area contributed by atoms with Gasteiger partial charge in [0, 0.05) is 28.9 Å². The van der Waals surface area contributed by atoms with Crippen molar-refractivity contribution < 1.29 is 8.78 Å². The lowest BCUT2D eigenvalue weighted by Crippen LogP contribution is -2.22. The van der Waals surface area contributed by atoms with E-state index in [4.69, 9.17) is 0 Å². The summed E-state index contributed by atoms with van der Waals surface area (Å²) in [4.78, 5) is 24.7. The zero-order chi connectivity index (χ0) is 20.7. The number of fused-ring (bicyclic) bond motifs is 2. The molecule has 2 aromatic carbocycles. The van der Waals surface area contributed by atoms with Crippen molar-refractivity contribution in [3.63, 3.8) is 0 Å². The number of benzene rings is 2. The predicted octanol–water partition coefficient (Wildman–Crippen LogP) is 4.33. The Labute approximate surface area is 169 Å². The molecule has 0 aliphatic rings. The van der Waals surface area contributed by atoms with Crippen LogP contribution in [0.3, 0.4) is 0 Å². The van der Waals surface area contributed by atoms with E-state index in [0.717, 1.165) is 17.1 Å². The Morgan fingerprint density at radius 1 is 0.833 bits per heavy atom. The second-order valence-electron chi connectivity index (χ2n) is 6.88. The van der Waals surface area contributed by atoms with E-state index in [-0.39, 0.29) is 12.1 Å². The third-order valence-electron chi connectivity index (χ3n) is 5.03. The molecule has 0 bridgehead atoms. The van der Waals surface area contributed by atoms with Gasteiger partial charge in [0.05, 0.1) is 35.5 Å². The highest BCUT2D eigenvalue weighted by atomic mass is 19.1. The SMILES string of the molecule is O=c1cnc2ccncc2n1Cc1c(F)cc(-c2cnc3ccccc3c2)cc1F. The van der Waals surface area contributed by atoms with Gasteiger partial charge in [0.2, 0.25) is 0 Å². The second-order valence-corrected chi connectivity index (χ2v) is 6.88. The molecule has 0 unspecified atom stereocenters. The van der Waals surface area contributed by atoms with Crippen molar-refractivity contribution in [2.24, 2.45) is 0 Å². The number of pyridine rings is 2. The van der Waals surface area contributed by atoms with Gasteiger partial charge in [0.15, 0.2) is 0 Å². The van der Waals surface area contributed by atoms with Crippen LogP contribution in [0.1, 0.15) is 5.56 Å². The fraction of sp³-hybridized carbons (Fsp3) is 0.0435. The van der Waals surface area contributed by atoms with Gasteiger partial charge in [-0.05, 0) is 35.9 Å². The van der Waals surface area contributed by atoms with E-state index in [0.29, 0.717) is 22.2 Å². The van der Waals surface area contributed by atoms with Crippen molar-refractivity contribution in [2.45, 2.75) is 6.54 Å². The standard InChI is InChI=1S/C23H14F2N4O/c24-18-8-15(16-7-14-3-1-2-4-20(14)27-10-16)9-19(25)17(18)13-29-22-11-26-6-5-21(22)28-12-23(29)30/h1-12H,13H2. The summed E-state index contributed by atoms with van der Waals surface area (Å²) in [5.41, 5.74) is 2.05. The molecule has 0 N–H and O–H groups in total. The summed E-state index contributed by atoms with van der Waals surface area (Å²) in [6.07, 6.45) is 5.71. The first-order chi connectivity index (χ1) is 14.6. The van der Waals surface area contributed by atoms with Crippen LogP contribution in [-0.4, -0.2) is 19.5 Å². The summed E-state index contributed by atoms with van der Waals surface area (Å²) in [5, 5.41) is 0.877. The molecule has 7 heteroatoms. The predicted molar refractivity (Wildman–Crippen MR) is 110 cm³/mol. The number of hydrogen-bond donors (Lipinski definition) is 0. The fourth-order valence-electron chi connectivity index (χ4n) is 3.48. The lowest BCUT2D eigenvalue weighted by Gasteiger charge is -2.12. The average Bonchev–Trinajstić information content (AvgIpc) is 2.77. The number of halogens is 2. The number of para-hydroxylation sites is 1. The smallest absolute Gasteiger partial charge is 0.269 e. The van der Waals surface area contributed by atoms with Crippen LogP contribution in [0.5, 0.6) is 0 Å². The molecule has 3 heterocycles. The van der Waals surface area contributed by atoms with E-state index in [1.165, 1.54) is 29.1 Å². The maximum Gasteiger partial charge on any atom is 0.269 e. The highest BCUT2D eigenvalue weighted by Gasteiger charge is 2.15. The van der Waals surface area contributed by atoms with Gasteiger partial charge in [-0.3, -0.25) is 19.3 Å². The normalized spacial score (nSPS) is 11.3. The third-order valence-corrected chi connectivity index (χ3v) is 5.03. The van der Waals surface area contributed by atoms with Crippen LogP contribution in [0.25, 0.3) is 33.1 Å². The Morgan fingerprint density at radius 2 is 1.60 bits per heavy atom. The minimum atomic E-state index is -0.737. The first kappa shape index (κ1) is 18.1.